The van der Waals surface area contributed by atoms with Gasteiger partial charge >= 0.3 is 0 Å². The van der Waals surface area contributed by atoms with Crippen LogP contribution in [0.4, 0.5) is 5.82 Å². The van der Waals surface area contributed by atoms with Crippen molar-refractivity contribution in [3.8, 4) is 0 Å². The number of aromatic nitrogens is 1. The Labute approximate surface area is 160 Å². The first-order chi connectivity index (χ1) is 11.8. The van der Waals surface area contributed by atoms with Crippen molar-refractivity contribution in [2.24, 2.45) is 5.92 Å². The van der Waals surface area contributed by atoms with Crippen LogP contribution in [0.25, 0.3) is 0 Å². The lowest BCUT2D eigenvalue weighted by Gasteiger charge is -2.24. The van der Waals surface area contributed by atoms with Gasteiger partial charge in [0.2, 0.25) is 15.9 Å². The molecule has 0 spiro atoms. The minimum Gasteiger partial charge on any atom is -0.359 e. The van der Waals surface area contributed by atoms with Crippen LogP contribution in [0.15, 0.2) is 10.6 Å². The molecule has 148 valence electrons. The molecule has 1 atom stereocenters. The van der Waals surface area contributed by atoms with Gasteiger partial charge in [-0.05, 0) is 31.9 Å². The number of carbonyl (C=O) groups is 1. The average molecular weight is 404 g/mol. The molecule has 0 saturated carbocycles. The zero-order valence-corrected chi connectivity index (χ0v) is 18.0. The van der Waals surface area contributed by atoms with Gasteiger partial charge in [0.05, 0.1) is 11.0 Å². The van der Waals surface area contributed by atoms with E-state index in [2.05, 4.69) is 10.5 Å². The van der Waals surface area contributed by atoms with Crippen molar-refractivity contribution in [1.29, 1.82) is 0 Å². The largest absolute Gasteiger partial charge is 0.359 e. The van der Waals surface area contributed by atoms with Gasteiger partial charge in [0.15, 0.2) is 5.82 Å². The molecule has 0 bridgehead atoms. The molecule has 1 aromatic rings. The number of carbonyl (C=O) groups excluding carboxylic acids is 1. The Morgan fingerprint density at radius 3 is 2.54 bits per heavy atom. The van der Waals surface area contributed by atoms with Gasteiger partial charge in [0.25, 0.3) is 0 Å². The molecule has 0 radical (unpaired) electrons. The maximum atomic E-state index is 12.6. The Kier molecular flexibility index (Phi) is 6.14. The zero-order valence-electron chi connectivity index (χ0n) is 16.3. The second-order valence-electron chi connectivity index (χ2n) is 8.38. The van der Waals surface area contributed by atoms with Gasteiger partial charge in [-0.3, -0.25) is 4.79 Å². The van der Waals surface area contributed by atoms with Crippen molar-refractivity contribution >= 4 is 33.5 Å². The van der Waals surface area contributed by atoms with Crippen LogP contribution in [0.1, 0.15) is 46.8 Å². The second kappa shape index (κ2) is 7.52. The molecule has 1 saturated heterocycles. The molecular weight excluding hydrogens is 374 g/mol. The van der Waals surface area contributed by atoms with Crippen molar-refractivity contribution in [1.82, 2.24) is 9.46 Å². The third-order valence-electron chi connectivity index (χ3n) is 4.44. The lowest BCUT2D eigenvalue weighted by Crippen LogP contribution is -2.35. The van der Waals surface area contributed by atoms with E-state index in [-0.39, 0.29) is 17.2 Å². The van der Waals surface area contributed by atoms with E-state index in [0.29, 0.717) is 24.7 Å². The molecule has 9 heteroatoms. The third-order valence-corrected chi connectivity index (χ3v) is 7.25. The van der Waals surface area contributed by atoms with E-state index in [1.807, 2.05) is 34.6 Å². The van der Waals surface area contributed by atoms with Crippen LogP contribution in [0.5, 0.6) is 0 Å². The number of nitrogens with zero attached hydrogens (tertiary/aromatic N) is 2. The van der Waals surface area contributed by atoms with Crippen molar-refractivity contribution in [2.45, 2.75) is 51.2 Å². The summed E-state index contributed by atoms with van der Waals surface area (Å²) in [4.78, 5) is 12.6. The summed E-state index contributed by atoms with van der Waals surface area (Å²) in [5.74, 6) is 1.98. The van der Waals surface area contributed by atoms with Gasteiger partial charge < -0.3 is 9.84 Å². The number of thioether (sulfide) groups is 1. The molecule has 26 heavy (non-hydrogen) atoms. The highest BCUT2D eigenvalue weighted by Gasteiger charge is 2.34. The number of nitrogens with one attached hydrogen (secondary N) is 1. The molecule has 1 N–H and O–H groups in total. The second-order valence-corrected chi connectivity index (χ2v) is 12.0. The fourth-order valence-corrected chi connectivity index (χ4v) is 4.61. The van der Waals surface area contributed by atoms with Crippen LogP contribution < -0.4 is 5.32 Å². The van der Waals surface area contributed by atoms with Crippen LogP contribution in [0, 0.1) is 5.92 Å². The maximum absolute atomic E-state index is 12.6. The Hall–Kier alpha value is -1.06. The SMILES string of the molecule is CC(C)(SCC1CCN(S(C)(=O)=O)C1)C(=O)Nc1cc(C(C)(C)C)on1. The quantitative estimate of drug-likeness (QED) is 0.785. The summed E-state index contributed by atoms with van der Waals surface area (Å²) in [6, 6.07) is 1.75. The standard InChI is InChI=1S/C17H29N3O4S2/c1-16(2,3)13-9-14(19-24-13)18-15(21)17(4,5)25-11-12-7-8-20(10-12)26(6,22)23/h9,12H,7-8,10-11H2,1-6H3,(H,18,19,21). The molecule has 2 heterocycles. The summed E-state index contributed by atoms with van der Waals surface area (Å²) >= 11 is 1.54. The van der Waals surface area contributed by atoms with Crippen molar-refractivity contribution in [2.75, 3.05) is 30.4 Å². The first-order valence-electron chi connectivity index (χ1n) is 8.67. The molecule has 1 aliphatic rings. The highest BCUT2D eigenvalue weighted by atomic mass is 32.2. The minimum atomic E-state index is -3.13. The first-order valence-corrected chi connectivity index (χ1v) is 11.5. The molecule has 0 aromatic carbocycles. The van der Waals surface area contributed by atoms with Crippen LogP contribution in [-0.2, 0) is 20.2 Å². The van der Waals surface area contributed by atoms with Gasteiger partial charge in [-0.15, -0.1) is 11.8 Å². The van der Waals surface area contributed by atoms with Gasteiger partial charge in [0.1, 0.15) is 5.76 Å². The lowest BCUT2D eigenvalue weighted by atomic mass is 9.93. The van der Waals surface area contributed by atoms with Crippen LogP contribution in [0.2, 0.25) is 0 Å². The van der Waals surface area contributed by atoms with Gasteiger partial charge in [-0.2, -0.15) is 0 Å². The summed E-state index contributed by atoms with van der Waals surface area (Å²) in [5.41, 5.74) is -0.172. The summed E-state index contributed by atoms with van der Waals surface area (Å²) in [6.07, 6.45) is 2.07. The molecule has 1 unspecified atom stereocenters. The Balaban J connectivity index is 1.89. The minimum absolute atomic E-state index is 0.144. The average Bonchev–Trinajstić information content (AvgIpc) is 3.13. The summed E-state index contributed by atoms with van der Waals surface area (Å²) in [7, 11) is -3.13. The Bertz CT molecular complexity index is 750. The van der Waals surface area contributed by atoms with Gasteiger partial charge in [-0.25, -0.2) is 12.7 Å². The van der Waals surface area contributed by atoms with Crippen LogP contribution in [0.3, 0.4) is 0 Å². The van der Waals surface area contributed by atoms with Gasteiger partial charge in [-0.1, -0.05) is 25.9 Å². The maximum Gasteiger partial charge on any atom is 0.241 e. The van der Waals surface area contributed by atoms with E-state index < -0.39 is 14.8 Å². The molecule has 0 aliphatic carbocycles. The van der Waals surface area contributed by atoms with E-state index >= 15 is 0 Å². The number of rotatable bonds is 6. The van der Waals surface area contributed by atoms with Crippen LogP contribution in [-0.4, -0.2) is 53.6 Å². The smallest absolute Gasteiger partial charge is 0.241 e. The topological polar surface area (TPSA) is 92.5 Å². The van der Waals surface area contributed by atoms with E-state index in [0.717, 1.165) is 12.2 Å². The number of amides is 1. The fourth-order valence-electron chi connectivity index (χ4n) is 2.58. The van der Waals surface area contributed by atoms with Gasteiger partial charge in [0, 0.05) is 24.6 Å². The normalized spacial score (nSPS) is 19.7. The molecule has 7 nitrogen and oxygen atoms in total. The number of hydrogen-bond acceptors (Lipinski definition) is 6. The molecular formula is C17H29N3O4S2. The summed E-state index contributed by atoms with van der Waals surface area (Å²) in [5, 5.41) is 6.73. The highest BCUT2D eigenvalue weighted by molar-refractivity contribution is 8.01. The summed E-state index contributed by atoms with van der Waals surface area (Å²) < 4.78 is 29.4. The Morgan fingerprint density at radius 1 is 1.38 bits per heavy atom. The predicted octanol–water partition coefficient (Wildman–Crippen LogP) is 2.70. The number of anilines is 1. The summed E-state index contributed by atoms with van der Waals surface area (Å²) in [6.45, 7) is 10.9. The lowest BCUT2D eigenvalue weighted by molar-refractivity contribution is -0.117. The van der Waals surface area contributed by atoms with E-state index in [9.17, 15) is 13.2 Å². The van der Waals surface area contributed by atoms with Crippen molar-refractivity contribution in [3.63, 3.8) is 0 Å². The van der Waals surface area contributed by atoms with Crippen molar-refractivity contribution < 1.29 is 17.7 Å². The van der Waals surface area contributed by atoms with Crippen LogP contribution >= 0.6 is 11.8 Å². The monoisotopic (exact) mass is 403 g/mol. The molecule has 1 fully saturated rings. The molecule has 1 aromatic heterocycles. The zero-order chi connectivity index (χ0) is 19.8. The van der Waals surface area contributed by atoms with Crippen molar-refractivity contribution in [3.05, 3.63) is 11.8 Å². The predicted molar refractivity (Wildman–Crippen MR) is 105 cm³/mol. The fraction of sp³-hybridized carbons (Fsp3) is 0.765. The van der Waals surface area contributed by atoms with E-state index in [4.69, 9.17) is 4.52 Å². The first kappa shape index (κ1) is 21.2. The number of hydrogen-bond donors (Lipinski definition) is 1. The third kappa shape index (κ3) is 5.47. The number of sulfonamides is 1. The highest BCUT2D eigenvalue weighted by Crippen LogP contribution is 2.32. The molecule has 2 rings (SSSR count). The molecule has 1 amide bonds. The molecule has 1 aliphatic heterocycles. The van der Waals surface area contributed by atoms with E-state index in [1.54, 1.807) is 6.07 Å². The van der Waals surface area contributed by atoms with E-state index in [1.165, 1.54) is 22.3 Å². The Morgan fingerprint density at radius 2 is 2.04 bits per heavy atom.